The van der Waals surface area contributed by atoms with Gasteiger partial charge in [-0.2, -0.15) is 0 Å². The highest BCUT2D eigenvalue weighted by Crippen LogP contribution is 2.07. The van der Waals surface area contributed by atoms with E-state index in [9.17, 15) is 14.0 Å². The molecule has 2 amide bonds. The second-order valence-electron chi connectivity index (χ2n) is 5.80. The SMILES string of the molecule is CC(=O)N(CC(=O)NC(C)(C)C)Cc1ccc(F)cc1. The van der Waals surface area contributed by atoms with E-state index in [0.717, 1.165) is 5.56 Å². The first-order chi connectivity index (χ1) is 9.17. The largest absolute Gasteiger partial charge is 0.350 e. The van der Waals surface area contributed by atoms with Crippen molar-refractivity contribution in [2.24, 2.45) is 0 Å². The minimum Gasteiger partial charge on any atom is -0.350 e. The van der Waals surface area contributed by atoms with E-state index in [1.54, 1.807) is 12.1 Å². The molecule has 1 aromatic carbocycles. The monoisotopic (exact) mass is 280 g/mol. The molecular weight excluding hydrogens is 259 g/mol. The molecule has 0 bridgehead atoms. The Morgan fingerprint density at radius 2 is 1.75 bits per heavy atom. The first kappa shape index (κ1) is 16.1. The molecular formula is C15H21FN2O2. The summed E-state index contributed by atoms with van der Waals surface area (Å²) >= 11 is 0. The molecule has 20 heavy (non-hydrogen) atoms. The summed E-state index contributed by atoms with van der Waals surface area (Å²) in [7, 11) is 0. The van der Waals surface area contributed by atoms with Crippen molar-refractivity contribution in [1.29, 1.82) is 0 Å². The molecule has 0 radical (unpaired) electrons. The van der Waals surface area contributed by atoms with Crippen LogP contribution in [0.2, 0.25) is 0 Å². The van der Waals surface area contributed by atoms with Crippen molar-refractivity contribution in [2.75, 3.05) is 6.54 Å². The van der Waals surface area contributed by atoms with E-state index in [2.05, 4.69) is 5.32 Å². The minimum atomic E-state index is -0.338. The van der Waals surface area contributed by atoms with Gasteiger partial charge in [0.05, 0.1) is 6.54 Å². The Morgan fingerprint density at radius 1 is 1.20 bits per heavy atom. The Balaban J connectivity index is 2.68. The average Bonchev–Trinajstić information content (AvgIpc) is 2.28. The molecule has 0 aromatic heterocycles. The molecule has 110 valence electrons. The fourth-order valence-corrected chi connectivity index (χ4v) is 1.72. The lowest BCUT2D eigenvalue weighted by atomic mass is 10.1. The number of benzene rings is 1. The molecule has 0 aliphatic heterocycles. The first-order valence-corrected chi connectivity index (χ1v) is 6.48. The van der Waals surface area contributed by atoms with Crippen LogP contribution < -0.4 is 5.32 Å². The first-order valence-electron chi connectivity index (χ1n) is 6.48. The van der Waals surface area contributed by atoms with E-state index in [-0.39, 0.29) is 36.3 Å². The zero-order chi connectivity index (χ0) is 15.3. The normalized spacial score (nSPS) is 11.1. The average molecular weight is 280 g/mol. The van der Waals surface area contributed by atoms with Gasteiger partial charge >= 0.3 is 0 Å². The summed E-state index contributed by atoms with van der Waals surface area (Å²) in [5.41, 5.74) is 0.445. The molecule has 0 saturated carbocycles. The number of hydrogen-bond donors (Lipinski definition) is 1. The fraction of sp³-hybridized carbons (Fsp3) is 0.467. The maximum Gasteiger partial charge on any atom is 0.240 e. The van der Waals surface area contributed by atoms with E-state index in [1.165, 1.54) is 24.0 Å². The molecule has 5 heteroatoms. The summed E-state index contributed by atoms with van der Waals surface area (Å²) < 4.78 is 12.8. The van der Waals surface area contributed by atoms with Crippen molar-refractivity contribution in [3.63, 3.8) is 0 Å². The summed E-state index contributed by atoms with van der Waals surface area (Å²) in [5, 5.41) is 2.81. The zero-order valence-corrected chi connectivity index (χ0v) is 12.4. The molecule has 1 rings (SSSR count). The van der Waals surface area contributed by atoms with Crippen molar-refractivity contribution < 1.29 is 14.0 Å². The molecule has 0 aliphatic carbocycles. The Morgan fingerprint density at radius 3 is 2.20 bits per heavy atom. The quantitative estimate of drug-likeness (QED) is 0.918. The lowest BCUT2D eigenvalue weighted by Gasteiger charge is -2.25. The highest BCUT2D eigenvalue weighted by molar-refractivity contribution is 5.84. The molecule has 0 spiro atoms. The van der Waals surface area contributed by atoms with Gasteiger partial charge in [0.2, 0.25) is 11.8 Å². The fourth-order valence-electron chi connectivity index (χ4n) is 1.72. The van der Waals surface area contributed by atoms with Crippen LogP contribution in [0, 0.1) is 5.82 Å². The standard InChI is InChI=1S/C15H21FN2O2/c1-11(19)18(10-14(20)17-15(2,3)4)9-12-5-7-13(16)8-6-12/h5-8H,9-10H2,1-4H3,(H,17,20). The van der Waals surface area contributed by atoms with Crippen LogP contribution in [0.4, 0.5) is 4.39 Å². The number of hydrogen-bond acceptors (Lipinski definition) is 2. The maximum atomic E-state index is 12.8. The Kier molecular flexibility index (Phi) is 5.25. The molecule has 0 saturated heterocycles. The van der Waals surface area contributed by atoms with Gasteiger partial charge in [0.1, 0.15) is 5.82 Å². The van der Waals surface area contributed by atoms with Gasteiger partial charge in [-0.15, -0.1) is 0 Å². The summed E-state index contributed by atoms with van der Waals surface area (Å²) in [6.45, 7) is 7.32. The Bertz CT molecular complexity index is 478. The number of carbonyl (C=O) groups excluding carboxylic acids is 2. The van der Waals surface area contributed by atoms with Gasteiger partial charge in [-0.05, 0) is 38.5 Å². The van der Waals surface area contributed by atoms with Crippen LogP contribution in [-0.2, 0) is 16.1 Å². The second-order valence-corrected chi connectivity index (χ2v) is 5.80. The van der Waals surface area contributed by atoms with E-state index in [1.807, 2.05) is 20.8 Å². The predicted molar refractivity (Wildman–Crippen MR) is 75.4 cm³/mol. The zero-order valence-electron chi connectivity index (χ0n) is 12.4. The van der Waals surface area contributed by atoms with Crippen molar-refractivity contribution in [3.8, 4) is 0 Å². The smallest absolute Gasteiger partial charge is 0.240 e. The van der Waals surface area contributed by atoms with E-state index in [4.69, 9.17) is 0 Å². The van der Waals surface area contributed by atoms with Crippen LogP contribution >= 0.6 is 0 Å². The summed E-state index contributed by atoms with van der Waals surface area (Å²) in [4.78, 5) is 24.9. The van der Waals surface area contributed by atoms with Crippen LogP contribution in [-0.4, -0.2) is 28.8 Å². The molecule has 1 aromatic rings. The number of carbonyl (C=O) groups is 2. The Hall–Kier alpha value is -1.91. The van der Waals surface area contributed by atoms with Gasteiger partial charge in [0.25, 0.3) is 0 Å². The van der Waals surface area contributed by atoms with Gasteiger partial charge in [0, 0.05) is 19.0 Å². The van der Waals surface area contributed by atoms with Gasteiger partial charge < -0.3 is 10.2 Å². The molecule has 0 aliphatic rings. The molecule has 0 atom stereocenters. The van der Waals surface area contributed by atoms with Crippen LogP contribution in [0.25, 0.3) is 0 Å². The van der Waals surface area contributed by atoms with Crippen LogP contribution in [0.3, 0.4) is 0 Å². The van der Waals surface area contributed by atoms with Crippen LogP contribution in [0.15, 0.2) is 24.3 Å². The van der Waals surface area contributed by atoms with Gasteiger partial charge in [-0.25, -0.2) is 4.39 Å². The number of nitrogens with one attached hydrogen (secondary N) is 1. The van der Waals surface area contributed by atoms with Gasteiger partial charge in [-0.1, -0.05) is 12.1 Å². The lowest BCUT2D eigenvalue weighted by Crippen LogP contribution is -2.46. The van der Waals surface area contributed by atoms with Crippen molar-refractivity contribution >= 4 is 11.8 Å². The molecule has 0 fully saturated rings. The third-order valence-corrected chi connectivity index (χ3v) is 2.58. The van der Waals surface area contributed by atoms with E-state index < -0.39 is 0 Å². The highest BCUT2D eigenvalue weighted by atomic mass is 19.1. The number of halogens is 1. The van der Waals surface area contributed by atoms with Gasteiger partial charge in [-0.3, -0.25) is 9.59 Å². The number of rotatable bonds is 4. The van der Waals surface area contributed by atoms with Crippen LogP contribution in [0.1, 0.15) is 33.3 Å². The van der Waals surface area contributed by atoms with Crippen molar-refractivity contribution in [3.05, 3.63) is 35.6 Å². The minimum absolute atomic E-state index is 0.00994. The van der Waals surface area contributed by atoms with Crippen molar-refractivity contribution in [1.82, 2.24) is 10.2 Å². The highest BCUT2D eigenvalue weighted by Gasteiger charge is 2.18. The molecule has 1 N–H and O–H groups in total. The van der Waals surface area contributed by atoms with Crippen LogP contribution in [0.5, 0.6) is 0 Å². The predicted octanol–water partition coefficient (Wildman–Crippen LogP) is 2.09. The lowest BCUT2D eigenvalue weighted by molar-refractivity contribution is -0.135. The topological polar surface area (TPSA) is 49.4 Å². The van der Waals surface area contributed by atoms with E-state index in [0.29, 0.717) is 0 Å². The van der Waals surface area contributed by atoms with E-state index >= 15 is 0 Å². The molecule has 0 heterocycles. The molecule has 0 unspecified atom stereocenters. The Labute approximate surface area is 119 Å². The summed E-state index contributed by atoms with van der Waals surface area (Å²) in [5.74, 6) is -0.734. The van der Waals surface area contributed by atoms with Crippen molar-refractivity contribution in [2.45, 2.75) is 39.8 Å². The third kappa shape index (κ3) is 5.82. The molecule has 4 nitrogen and oxygen atoms in total. The summed E-state index contributed by atoms with van der Waals surface area (Å²) in [6.07, 6.45) is 0. The van der Waals surface area contributed by atoms with Gasteiger partial charge in [0.15, 0.2) is 0 Å². The summed E-state index contributed by atoms with van der Waals surface area (Å²) in [6, 6.07) is 5.88. The third-order valence-electron chi connectivity index (χ3n) is 2.58. The second kappa shape index (κ2) is 6.50. The maximum absolute atomic E-state index is 12.8. The number of nitrogens with zero attached hydrogens (tertiary/aromatic N) is 1. The number of amides is 2.